The predicted octanol–water partition coefficient (Wildman–Crippen LogP) is 1.21. The van der Waals surface area contributed by atoms with Crippen LogP contribution in [0.4, 0.5) is 0 Å². The number of hydrogen-bond donors (Lipinski definition) is 1. The third kappa shape index (κ3) is 4.46. The number of nitrogens with one attached hydrogen (secondary N) is 1. The topological polar surface area (TPSA) is 54.7 Å². The lowest BCUT2D eigenvalue weighted by molar-refractivity contribution is 0.197. The van der Waals surface area contributed by atoms with E-state index in [0.29, 0.717) is 5.92 Å². The molecule has 1 aliphatic heterocycles. The fourth-order valence-corrected chi connectivity index (χ4v) is 2.70. The molecule has 0 amide bonds. The van der Waals surface area contributed by atoms with Crippen molar-refractivity contribution < 1.29 is 4.74 Å². The maximum atomic E-state index is 5.07. The molecule has 1 aliphatic rings. The fourth-order valence-electron chi connectivity index (χ4n) is 2.70. The maximum absolute atomic E-state index is 5.07. The maximum Gasteiger partial charge on any atom is 0.193 e. The number of nitrogens with zero attached hydrogens (tertiary/aromatic N) is 4. The number of ether oxygens (including phenoxy) is 1. The number of likely N-dealkylation sites (tertiary alicyclic amines) is 1. The van der Waals surface area contributed by atoms with Gasteiger partial charge in [0.05, 0.1) is 6.20 Å². The highest BCUT2D eigenvalue weighted by atomic mass is 16.5. The second kappa shape index (κ2) is 8.02. The molecule has 6 heteroatoms. The van der Waals surface area contributed by atoms with Crippen LogP contribution in [-0.2, 0) is 11.8 Å². The average molecular weight is 293 g/mol. The lowest BCUT2D eigenvalue weighted by atomic mass is 10.0. The van der Waals surface area contributed by atoms with E-state index in [1.165, 1.54) is 5.56 Å². The molecule has 0 saturated carbocycles. The molecule has 21 heavy (non-hydrogen) atoms. The van der Waals surface area contributed by atoms with Crippen LogP contribution in [0.2, 0.25) is 0 Å². The molecule has 1 unspecified atom stereocenters. The highest BCUT2D eigenvalue weighted by molar-refractivity contribution is 5.80. The van der Waals surface area contributed by atoms with Gasteiger partial charge in [-0.2, -0.15) is 5.10 Å². The van der Waals surface area contributed by atoms with Crippen LogP contribution in [0.15, 0.2) is 17.4 Å². The molecule has 6 nitrogen and oxygen atoms in total. The number of rotatable bonds is 6. The van der Waals surface area contributed by atoms with Crippen molar-refractivity contribution in [3.8, 4) is 0 Å². The minimum atomic E-state index is 0.557. The third-order valence-electron chi connectivity index (χ3n) is 3.79. The normalized spacial score (nSPS) is 19.3. The van der Waals surface area contributed by atoms with Crippen LogP contribution in [0.1, 0.15) is 31.2 Å². The number of methoxy groups -OCH3 is 1. The molecule has 1 N–H and O–H groups in total. The molecule has 2 rings (SSSR count). The van der Waals surface area contributed by atoms with Crippen LogP contribution in [-0.4, -0.2) is 60.5 Å². The van der Waals surface area contributed by atoms with E-state index in [2.05, 4.69) is 28.4 Å². The predicted molar refractivity (Wildman–Crippen MR) is 84.6 cm³/mol. The van der Waals surface area contributed by atoms with Gasteiger partial charge in [-0.05, 0) is 25.3 Å². The molecule has 2 heterocycles. The van der Waals surface area contributed by atoms with Gasteiger partial charge in [-0.3, -0.25) is 9.67 Å². The van der Waals surface area contributed by atoms with Crippen LogP contribution in [0.3, 0.4) is 0 Å². The summed E-state index contributed by atoms with van der Waals surface area (Å²) in [7, 11) is 3.70. The van der Waals surface area contributed by atoms with Crippen LogP contribution >= 0.6 is 0 Å². The van der Waals surface area contributed by atoms with Crippen molar-refractivity contribution in [2.45, 2.75) is 25.7 Å². The Balaban J connectivity index is 1.92. The molecule has 1 aromatic heterocycles. The van der Waals surface area contributed by atoms with Crippen molar-refractivity contribution in [1.29, 1.82) is 0 Å². The van der Waals surface area contributed by atoms with Crippen molar-refractivity contribution in [3.63, 3.8) is 0 Å². The van der Waals surface area contributed by atoms with E-state index in [0.717, 1.165) is 51.6 Å². The molecule has 0 aliphatic carbocycles. The standard InChI is InChI=1S/C15H27N5O/c1-4-16-15(17-7-5-9-21-3)20-8-6-13(12-20)14-10-18-19(2)11-14/h10-11,13H,4-9,12H2,1-3H3,(H,16,17). The Morgan fingerprint density at radius 1 is 1.57 bits per heavy atom. The third-order valence-corrected chi connectivity index (χ3v) is 3.79. The molecule has 0 radical (unpaired) electrons. The first-order valence-corrected chi connectivity index (χ1v) is 7.75. The summed E-state index contributed by atoms with van der Waals surface area (Å²) < 4.78 is 6.95. The van der Waals surface area contributed by atoms with E-state index in [-0.39, 0.29) is 0 Å². The summed E-state index contributed by atoms with van der Waals surface area (Å²) in [4.78, 5) is 7.05. The fraction of sp³-hybridized carbons (Fsp3) is 0.733. The molecule has 0 aromatic carbocycles. The number of aryl methyl sites for hydroxylation is 1. The van der Waals surface area contributed by atoms with E-state index < -0.39 is 0 Å². The number of guanidine groups is 1. The first kappa shape index (κ1) is 15.8. The molecule has 0 bridgehead atoms. The van der Waals surface area contributed by atoms with Crippen molar-refractivity contribution in [2.24, 2.45) is 12.0 Å². The van der Waals surface area contributed by atoms with Crippen molar-refractivity contribution >= 4 is 5.96 Å². The van der Waals surface area contributed by atoms with E-state index >= 15 is 0 Å². The summed E-state index contributed by atoms with van der Waals surface area (Å²) in [6, 6.07) is 0. The molecule has 118 valence electrons. The minimum Gasteiger partial charge on any atom is -0.385 e. The van der Waals surface area contributed by atoms with E-state index in [1.54, 1.807) is 7.11 Å². The second-order valence-electron chi connectivity index (χ2n) is 5.46. The van der Waals surface area contributed by atoms with Crippen LogP contribution < -0.4 is 5.32 Å². The van der Waals surface area contributed by atoms with Gasteiger partial charge in [0.1, 0.15) is 0 Å². The Hall–Kier alpha value is -1.56. The van der Waals surface area contributed by atoms with E-state index in [4.69, 9.17) is 9.73 Å². The van der Waals surface area contributed by atoms with Crippen LogP contribution in [0.5, 0.6) is 0 Å². The van der Waals surface area contributed by atoms with Crippen molar-refractivity contribution in [2.75, 3.05) is 39.9 Å². The summed E-state index contributed by atoms with van der Waals surface area (Å²) in [6.07, 6.45) is 6.23. The number of aliphatic imine (C=N–C) groups is 1. The second-order valence-corrected chi connectivity index (χ2v) is 5.46. The summed E-state index contributed by atoms with van der Waals surface area (Å²) in [5.74, 6) is 1.58. The largest absolute Gasteiger partial charge is 0.385 e. The highest BCUT2D eigenvalue weighted by Crippen LogP contribution is 2.26. The summed E-state index contributed by atoms with van der Waals surface area (Å²) >= 11 is 0. The molecule has 1 atom stereocenters. The first-order valence-electron chi connectivity index (χ1n) is 7.75. The van der Waals surface area contributed by atoms with E-state index in [9.17, 15) is 0 Å². The van der Waals surface area contributed by atoms with Crippen molar-refractivity contribution in [3.05, 3.63) is 18.0 Å². The highest BCUT2D eigenvalue weighted by Gasteiger charge is 2.26. The van der Waals surface area contributed by atoms with Gasteiger partial charge < -0.3 is 15.0 Å². The van der Waals surface area contributed by atoms with Gasteiger partial charge in [0.15, 0.2) is 5.96 Å². The Morgan fingerprint density at radius 3 is 3.10 bits per heavy atom. The van der Waals surface area contributed by atoms with Crippen LogP contribution in [0, 0.1) is 0 Å². The lowest BCUT2D eigenvalue weighted by Gasteiger charge is -2.21. The van der Waals surface area contributed by atoms with Crippen LogP contribution in [0.25, 0.3) is 0 Å². The first-order chi connectivity index (χ1) is 10.2. The summed E-state index contributed by atoms with van der Waals surface area (Å²) in [5.41, 5.74) is 1.33. The smallest absolute Gasteiger partial charge is 0.193 e. The molecule has 0 spiro atoms. The quantitative estimate of drug-likeness (QED) is 0.487. The molecule has 1 saturated heterocycles. The van der Waals surface area contributed by atoms with Gasteiger partial charge in [-0.25, -0.2) is 0 Å². The Bertz CT molecular complexity index is 457. The zero-order valence-corrected chi connectivity index (χ0v) is 13.4. The minimum absolute atomic E-state index is 0.557. The summed E-state index contributed by atoms with van der Waals surface area (Å²) in [5, 5.41) is 7.67. The Labute approximate surface area is 127 Å². The van der Waals surface area contributed by atoms with Gasteiger partial charge in [0.2, 0.25) is 0 Å². The SMILES string of the molecule is CCNC(=NCCCOC)N1CCC(c2cnn(C)c2)C1. The zero-order valence-electron chi connectivity index (χ0n) is 13.4. The molecular weight excluding hydrogens is 266 g/mol. The van der Waals surface area contributed by atoms with Gasteiger partial charge >= 0.3 is 0 Å². The monoisotopic (exact) mass is 293 g/mol. The Kier molecular flexibility index (Phi) is 6.04. The van der Waals surface area contributed by atoms with Gasteiger partial charge in [0.25, 0.3) is 0 Å². The zero-order chi connectivity index (χ0) is 15.1. The van der Waals surface area contributed by atoms with Gasteiger partial charge in [0, 0.05) is 59.1 Å². The van der Waals surface area contributed by atoms with E-state index in [1.807, 2.05) is 17.9 Å². The summed E-state index contributed by atoms with van der Waals surface area (Å²) in [6.45, 7) is 6.65. The average Bonchev–Trinajstić information content (AvgIpc) is 3.11. The molecule has 1 fully saturated rings. The van der Waals surface area contributed by atoms with Crippen molar-refractivity contribution in [1.82, 2.24) is 20.0 Å². The number of hydrogen-bond acceptors (Lipinski definition) is 3. The van der Waals surface area contributed by atoms with Gasteiger partial charge in [-0.15, -0.1) is 0 Å². The molecular formula is C15H27N5O. The Morgan fingerprint density at radius 2 is 2.43 bits per heavy atom. The van der Waals surface area contributed by atoms with Gasteiger partial charge in [-0.1, -0.05) is 0 Å². The lowest BCUT2D eigenvalue weighted by Crippen LogP contribution is -2.40. The molecule has 1 aromatic rings. The number of aromatic nitrogens is 2.